The predicted molar refractivity (Wildman–Crippen MR) is 97.2 cm³/mol. The lowest BCUT2D eigenvalue weighted by Crippen LogP contribution is -2.38. The number of rotatable bonds is 6. The number of likely N-dealkylation sites (tertiary alicyclic amines) is 1. The molecule has 1 heterocycles. The number of carboxylic acid groups (broad SMARTS) is 1. The van der Waals surface area contributed by atoms with Crippen molar-refractivity contribution in [1.82, 2.24) is 4.90 Å². The molecule has 0 aromatic heterocycles. The van der Waals surface area contributed by atoms with Gasteiger partial charge < -0.3 is 19.5 Å². The molecule has 0 unspecified atom stereocenters. The highest BCUT2D eigenvalue weighted by atomic mass is 16.5. The highest BCUT2D eigenvalue weighted by Crippen LogP contribution is 2.48. The molecule has 1 aliphatic carbocycles. The number of benzene rings is 1. The Bertz CT molecular complexity index is 729. The first-order chi connectivity index (χ1) is 12.5. The van der Waals surface area contributed by atoms with Crippen LogP contribution in [0, 0.1) is 11.3 Å². The number of ether oxygens (including phenoxy) is 2. The van der Waals surface area contributed by atoms with Crippen molar-refractivity contribution in [2.75, 3.05) is 26.8 Å². The minimum atomic E-state index is -0.780. The van der Waals surface area contributed by atoms with E-state index in [4.69, 9.17) is 9.47 Å². The maximum absolute atomic E-state index is 12.5. The molecule has 1 aliphatic heterocycles. The third-order valence-electron chi connectivity index (χ3n) is 5.55. The normalized spacial score (nSPS) is 24.7. The van der Waals surface area contributed by atoms with E-state index < -0.39 is 11.4 Å². The monoisotopic (exact) mass is 359 g/mol. The SMILES string of the molecule is C/C=C/c1ccc(OCC(=O)N2C[C@@H]3CCC[C@@]3(C(=O)O)C2)c(OC)c1. The Morgan fingerprint density at radius 3 is 2.85 bits per heavy atom. The van der Waals surface area contributed by atoms with Crippen molar-refractivity contribution in [3.05, 3.63) is 29.8 Å². The first kappa shape index (κ1) is 18.3. The molecule has 1 aromatic carbocycles. The summed E-state index contributed by atoms with van der Waals surface area (Å²) < 4.78 is 11.0. The maximum Gasteiger partial charge on any atom is 0.311 e. The Hall–Kier alpha value is -2.50. The third kappa shape index (κ3) is 3.28. The summed E-state index contributed by atoms with van der Waals surface area (Å²) in [4.78, 5) is 25.9. The van der Waals surface area contributed by atoms with Crippen molar-refractivity contribution in [2.24, 2.45) is 11.3 Å². The number of carbonyl (C=O) groups is 2. The second kappa shape index (κ2) is 7.40. The van der Waals surface area contributed by atoms with Crippen molar-refractivity contribution in [1.29, 1.82) is 0 Å². The molecule has 140 valence electrons. The van der Waals surface area contributed by atoms with E-state index in [0.29, 0.717) is 24.5 Å². The molecular weight excluding hydrogens is 334 g/mol. The van der Waals surface area contributed by atoms with Gasteiger partial charge in [-0.1, -0.05) is 24.6 Å². The molecule has 1 N–H and O–H groups in total. The fraction of sp³-hybridized carbons (Fsp3) is 0.500. The van der Waals surface area contributed by atoms with Gasteiger partial charge in [-0.3, -0.25) is 9.59 Å². The number of nitrogens with zero attached hydrogens (tertiary/aromatic N) is 1. The van der Waals surface area contributed by atoms with E-state index in [9.17, 15) is 14.7 Å². The molecule has 6 heteroatoms. The van der Waals surface area contributed by atoms with Gasteiger partial charge in [0, 0.05) is 13.1 Å². The largest absolute Gasteiger partial charge is 0.493 e. The van der Waals surface area contributed by atoms with Crippen molar-refractivity contribution in [2.45, 2.75) is 26.2 Å². The lowest BCUT2D eigenvalue weighted by molar-refractivity contribution is -0.149. The second-order valence-electron chi connectivity index (χ2n) is 7.02. The summed E-state index contributed by atoms with van der Waals surface area (Å²) in [5, 5.41) is 9.63. The van der Waals surface area contributed by atoms with Crippen LogP contribution in [0.15, 0.2) is 24.3 Å². The topological polar surface area (TPSA) is 76.1 Å². The molecule has 0 bridgehead atoms. The Balaban J connectivity index is 1.64. The number of hydrogen-bond donors (Lipinski definition) is 1. The smallest absolute Gasteiger partial charge is 0.311 e. The first-order valence-electron chi connectivity index (χ1n) is 8.95. The van der Waals surface area contributed by atoms with Crippen molar-refractivity contribution in [3.63, 3.8) is 0 Å². The number of fused-ring (bicyclic) bond motifs is 1. The van der Waals surface area contributed by atoms with Gasteiger partial charge in [-0.2, -0.15) is 0 Å². The van der Waals surface area contributed by atoms with Gasteiger partial charge in [0.15, 0.2) is 18.1 Å². The van der Waals surface area contributed by atoms with E-state index in [1.165, 1.54) is 0 Å². The summed E-state index contributed by atoms with van der Waals surface area (Å²) in [6.45, 7) is 2.60. The molecule has 1 amide bonds. The first-order valence-corrected chi connectivity index (χ1v) is 8.95. The standard InChI is InChI=1S/C20H25NO5/c1-3-5-14-7-8-16(17(10-14)25-2)26-12-18(22)21-11-15-6-4-9-20(15,13-21)19(23)24/h3,5,7-8,10,15H,4,6,9,11-13H2,1-2H3,(H,23,24)/b5-3+/t15-,20+/m0/s1. The van der Waals surface area contributed by atoms with E-state index in [2.05, 4.69) is 0 Å². The van der Waals surface area contributed by atoms with E-state index in [-0.39, 0.29) is 25.0 Å². The predicted octanol–water partition coefficient (Wildman–Crippen LogP) is 2.82. The van der Waals surface area contributed by atoms with E-state index in [1.54, 1.807) is 18.1 Å². The van der Waals surface area contributed by atoms with Gasteiger partial charge in [0.1, 0.15) is 0 Å². The molecule has 2 fully saturated rings. The highest BCUT2D eigenvalue weighted by Gasteiger charge is 2.55. The number of methoxy groups -OCH3 is 1. The molecule has 0 radical (unpaired) electrons. The molecule has 1 saturated heterocycles. The second-order valence-corrected chi connectivity index (χ2v) is 7.02. The van der Waals surface area contributed by atoms with Gasteiger partial charge in [0.25, 0.3) is 5.91 Å². The van der Waals surface area contributed by atoms with Crippen molar-refractivity contribution in [3.8, 4) is 11.5 Å². The Morgan fingerprint density at radius 1 is 1.38 bits per heavy atom. The summed E-state index contributed by atoms with van der Waals surface area (Å²) in [7, 11) is 1.56. The summed E-state index contributed by atoms with van der Waals surface area (Å²) in [6, 6.07) is 5.51. The molecule has 2 atom stereocenters. The van der Waals surface area contributed by atoms with Gasteiger partial charge >= 0.3 is 5.97 Å². The number of allylic oxidation sites excluding steroid dienone is 1. The van der Waals surface area contributed by atoms with E-state index in [0.717, 1.165) is 18.4 Å². The summed E-state index contributed by atoms with van der Waals surface area (Å²) >= 11 is 0. The molecule has 26 heavy (non-hydrogen) atoms. The lowest BCUT2D eigenvalue weighted by atomic mass is 9.81. The average Bonchev–Trinajstić information content (AvgIpc) is 3.19. The molecule has 1 saturated carbocycles. The fourth-order valence-corrected chi connectivity index (χ4v) is 4.16. The zero-order valence-corrected chi connectivity index (χ0v) is 15.2. The van der Waals surface area contributed by atoms with Gasteiger partial charge in [0.05, 0.1) is 12.5 Å². The van der Waals surface area contributed by atoms with Gasteiger partial charge in [0.2, 0.25) is 0 Å². The summed E-state index contributed by atoms with van der Waals surface area (Å²) in [6.07, 6.45) is 6.33. The van der Waals surface area contributed by atoms with Crippen LogP contribution in [-0.4, -0.2) is 48.7 Å². The molecule has 2 aliphatic rings. The van der Waals surface area contributed by atoms with Crippen LogP contribution in [0.3, 0.4) is 0 Å². The zero-order valence-electron chi connectivity index (χ0n) is 15.2. The van der Waals surface area contributed by atoms with Gasteiger partial charge in [-0.05, 0) is 43.4 Å². The van der Waals surface area contributed by atoms with Crippen LogP contribution in [0.2, 0.25) is 0 Å². The highest BCUT2D eigenvalue weighted by molar-refractivity contribution is 5.82. The van der Waals surface area contributed by atoms with Crippen LogP contribution in [0.25, 0.3) is 6.08 Å². The van der Waals surface area contributed by atoms with Gasteiger partial charge in [-0.15, -0.1) is 0 Å². The number of carboxylic acids is 1. The minimum Gasteiger partial charge on any atom is -0.493 e. The van der Waals surface area contributed by atoms with Crippen LogP contribution >= 0.6 is 0 Å². The quantitative estimate of drug-likeness (QED) is 0.845. The number of carbonyl (C=O) groups excluding carboxylic acids is 1. The van der Waals surface area contributed by atoms with E-state index >= 15 is 0 Å². The Morgan fingerprint density at radius 2 is 2.19 bits per heavy atom. The molecule has 6 nitrogen and oxygen atoms in total. The van der Waals surface area contributed by atoms with Crippen molar-refractivity contribution >= 4 is 18.0 Å². The molecular formula is C20H25NO5. The van der Waals surface area contributed by atoms with Crippen LogP contribution in [0.4, 0.5) is 0 Å². The van der Waals surface area contributed by atoms with Crippen LogP contribution < -0.4 is 9.47 Å². The van der Waals surface area contributed by atoms with E-state index in [1.807, 2.05) is 31.2 Å². The van der Waals surface area contributed by atoms with Crippen LogP contribution in [0.1, 0.15) is 31.7 Å². The maximum atomic E-state index is 12.5. The van der Waals surface area contributed by atoms with Gasteiger partial charge in [-0.25, -0.2) is 0 Å². The average molecular weight is 359 g/mol. The summed E-state index contributed by atoms with van der Waals surface area (Å²) in [5.74, 6) is 0.158. The number of hydrogen-bond acceptors (Lipinski definition) is 4. The number of aliphatic carboxylic acids is 1. The Labute approximate surface area is 153 Å². The lowest BCUT2D eigenvalue weighted by Gasteiger charge is -2.23. The molecule has 1 aromatic rings. The van der Waals surface area contributed by atoms with Crippen LogP contribution in [-0.2, 0) is 9.59 Å². The van der Waals surface area contributed by atoms with Crippen LogP contribution in [0.5, 0.6) is 11.5 Å². The fourth-order valence-electron chi connectivity index (χ4n) is 4.16. The van der Waals surface area contributed by atoms with Crippen molar-refractivity contribution < 1.29 is 24.2 Å². The molecule has 3 rings (SSSR count). The molecule has 0 spiro atoms. The third-order valence-corrected chi connectivity index (χ3v) is 5.55. The zero-order chi connectivity index (χ0) is 18.7. The summed E-state index contributed by atoms with van der Waals surface area (Å²) in [5.41, 5.74) is 0.223. The minimum absolute atomic E-state index is 0.0543. The number of amides is 1. The Kier molecular flexibility index (Phi) is 5.20.